The lowest BCUT2D eigenvalue weighted by Crippen LogP contribution is -2.49. The molecule has 0 aromatic carbocycles. The molecule has 154 valence electrons. The zero-order valence-electron chi connectivity index (χ0n) is 16.9. The van der Waals surface area contributed by atoms with Crippen LogP contribution in [0.1, 0.15) is 89.9 Å². The van der Waals surface area contributed by atoms with Crippen molar-refractivity contribution in [2.24, 2.45) is 5.41 Å². The van der Waals surface area contributed by atoms with E-state index in [4.69, 9.17) is 5.11 Å². The Labute approximate surface area is 164 Å². The van der Waals surface area contributed by atoms with Crippen molar-refractivity contribution in [2.75, 3.05) is 26.2 Å². The van der Waals surface area contributed by atoms with E-state index in [-0.39, 0.29) is 17.4 Å². The van der Waals surface area contributed by atoms with Crippen molar-refractivity contribution in [1.29, 1.82) is 0 Å². The van der Waals surface area contributed by atoms with Crippen LogP contribution in [-0.2, 0) is 9.59 Å². The van der Waals surface area contributed by atoms with Crippen molar-refractivity contribution < 1.29 is 14.7 Å². The number of hydrogen-bond donors (Lipinski definition) is 2. The van der Waals surface area contributed by atoms with Gasteiger partial charge in [-0.1, -0.05) is 57.8 Å². The maximum Gasteiger partial charge on any atom is 0.304 e. The van der Waals surface area contributed by atoms with Crippen LogP contribution in [0, 0.1) is 5.41 Å². The molecule has 0 aromatic rings. The van der Waals surface area contributed by atoms with Crippen molar-refractivity contribution in [3.63, 3.8) is 0 Å². The molecule has 3 rings (SSSR count). The summed E-state index contributed by atoms with van der Waals surface area (Å²) in [5.74, 6) is -0.438. The van der Waals surface area contributed by atoms with Crippen LogP contribution in [-0.4, -0.2) is 53.5 Å². The van der Waals surface area contributed by atoms with Crippen LogP contribution in [0.15, 0.2) is 0 Å². The molecule has 3 aliphatic rings. The van der Waals surface area contributed by atoms with E-state index in [1.807, 2.05) is 4.90 Å². The molecule has 5 heteroatoms. The third-order valence-electron chi connectivity index (χ3n) is 7.30. The molecule has 1 saturated carbocycles. The molecule has 2 spiro atoms. The van der Waals surface area contributed by atoms with Crippen LogP contribution < -0.4 is 5.32 Å². The second-order valence-corrected chi connectivity index (χ2v) is 9.37. The van der Waals surface area contributed by atoms with Gasteiger partial charge in [-0.2, -0.15) is 0 Å². The third kappa shape index (κ3) is 5.54. The summed E-state index contributed by atoms with van der Waals surface area (Å²) in [6.45, 7) is 2.62. The zero-order chi connectivity index (χ0) is 19.2. The molecule has 5 nitrogen and oxygen atoms in total. The number of carboxylic acids is 1. The van der Waals surface area contributed by atoms with Gasteiger partial charge in [-0.25, -0.2) is 0 Å². The third-order valence-corrected chi connectivity index (χ3v) is 7.30. The average molecular weight is 379 g/mol. The minimum Gasteiger partial charge on any atom is -0.481 e. The largest absolute Gasteiger partial charge is 0.481 e. The number of aliphatic carboxylic acids is 1. The summed E-state index contributed by atoms with van der Waals surface area (Å²) in [6.07, 6.45) is 16.6. The van der Waals surface area contributed by atoms with Gasteiger partial charge >= 0.3 is 5.97 Å². The number of likely N-dealkylation sites (tertiary alicyclic amines) is 1. The second kappa shape index (κ2) is 9.51. The summed E-state index contributed by atoms with van der Waals surface area (Å²) in [7, 11) is 0. The lowest BCUT2D eigenvalue weighted by molar-refractivity contribution is -0.139. The SMILES string of the molecule is O=C(O)CCN1CCC2(CNC3(CCCCCCCCCCC3)C2)C(=O)C1. The number of hydrogen-bond acceptors (Lipinski definition) is 4. The first kappa shape index (κ1) is 20.8. The number of rotatable bonds is 3. The summed E-state index contributed by atoms with van der Waals surface area (Å²) in [4.78, 5) is 25.9. The summed E-state index contributed by atoms with van der Waals surface area (Å²) < 4.78 is 0. The maximum atomic E-state index is 13.0. The minimum atomic E-state index is -0.780. The van der Waals surface area contributed by atoms with Gasteiger partial charge in [0.25, 0.3) is 0 Å². The summed E-state index contributed by atoms with van der Waals surface area (Å²) in [5, 5.41) is 12.7. The fourth-order valence-electron chi connectivity index (χ4n) is 5.55. The van der Waals surface area contributed by atoms with Crippen LogP contribution in [0.5, 0.6) is 0 Å². The van der Waals surface area contributed by atoms with Gasteiger partial charge in [0.1, 0.15) is 0 Å². The van der Waals surface area contributed by atoms with Crippen LogP contribution in [0.25, 0.3) is 0 Å². The van der Waals surface area contributed by atoms with Gasteiger partial charge in [-0.15, -0.1) is 0 Å². The van der Waals surface area contributed by atoms with E-state index >= 15 is 0 Å². The second-order valence-electron chi connectivity index (χ2n) is 9.37. The van der Waals surface area contributed by atoms with Gasteiger partial charge in [-0.3, -0.25) is 14.5 Å². The summed E-state index contributed by atoms with van der Waals surface area (Å²) in [5.41, 5.74) is -0.0329. The lowest BCUT2D eigenvalue weighted by Gasteiger charge is -2.39. The first-order valence-electron chi connectivity index (χ1n) is 11.3. The molecule has 2 aliphatic heterocycles. The first-order valence-corrected chi connectivity index (χ1v) is 11.3. The van der Waals surface area contributed by atoms with E-state index in [2.05, 4.69) is 5.32 Å². The molecule has 3 fully saturated rings. The Morgan fingerprint density at radius 3 is 2.11 bits per heavy atom. The smallest absolute Gasteiger partial charge is 0.304 e. The molecular weight excluding hydrogens is 340 g/mol. The van der Waals surface area contributed by atoms with E-state index in [1.165, 1.54) is 70.6 Å². The molecule has 1 aliphatic carbocycles. The molecule has 2 N–H and O–H groups in total. The quantitative estimate of drug-likeness (QED) is 0.782. The average Bonchev–Trinajstić information content (AvgIpc) is 3.00. The Bertz CT molecular complexity index is 510. The molecular formula is C22H38N2O3. The Balaban J connectivity index is 1.59. The summed E-state index contributed by atoms with van der Waals surface area (Å²) >= 11 is 0. The predicted molar refractivity (Wildman–Crippen MR) is 107 cm³/mol. The molecule has 27 heavy (non-hydrogen) atoms. The van der Waals surface area contributed by atoms with E-state index in [1.54, 1.807) is 0 Å². The molecule has 1 atom stereocenters. The van der Waals surface area contributed by atoms with Gasteiger partial charge in [0, 0.05) is 24.0 Å². The highest BCUT2D eigenvalue weighted by molar-refractivity contribution is 5.88. The minimum absolute atomic E-state index is 0.127. The fraction of sp³-hybridized carbons (Fsp3) is 0.909. The number of nitrogens with zero attached hydrogens (tertiary/aromatic N) is 1. The van der Waals surface area contributed by atoms with Crippen molar-refractivity contribution >= 4 is 11.8 Å². The number of carbonyl (C=O) groups is 2. The van der Waals surface area contributed by atoms with Crippen LogP contribution in [0.4, 0.5) is 0 Å². The summed E-state index contributed by atoms with van der Waals surface area (Å²) in [6, 6.07) is 0. The van der Waals surface area contributed by atoms with E-state index in [9.17, 15) is 9.59 Å². The monoisotopic (exact) mass is 378 g/mol. The Kier molecular flexibility index (Phi) is 7.32. The number of nitrogens with one attached hydrogen (secondary N) is 1. The molecule has 0 bridgehead atoms. The molecule has 2 saturated heterocycles. The number of piperidine rings is 1. The molecule has 2 heterocycles. The highest BCUT2D eigenvalue weighted by Gasteiger charge is 2.52. The Hall–Kier alpha value is -0.940. The Morgan fingerprint density at radius 2 is 1.56 bits per heavy atom. The zero-order valence-corrected chi connectivity index (χ0v) is 16.9. The first-order chi connectivity index (χ1) is 13.0. The van der Waals surface area contributed by atoms with E-state index in [0.717, 1.165) is 25.9 Å². The van der Waals surface area contributed by atoms with Crippen LogP contribution in [0.3, 0.4) is 0 Å². The molecule has 0 radical (unpaired) electrons. The topological polar surface area (TPSA) is 69.6 Å². The van der Waals surface area contributed by atoms with Crippen molar-refractivity contribution in [1.82, 2.24) is 10.2 Å². The normalized spacial score (nSPS) is 30.9. The standard InChI is InChI=1S/C22H38N2O3/c25-19-16-24(14-10-20(26)27)15-13-21(19)17-22(23-18-21)11-8-6-4-2-1-3-5-7-9-12-22/h23H,1-18H2,(H,26,27). The number of carboxylic acid groups (broad SMARTS) is 1. The van der Waals surface area contributed by atoms with Crippen molar-refractivity contribution in [3.05, 3.63) is 0 Å². The van der Waals surface area contributed by atoms with E-state index in [0.29, 0.717) is 18.9 Å². The number of carbonyl (C=O) groups excluding carboxylic acids is 1. The van der Waals surface area contributed by atoms with Crippen LogP contribution >= 0.6 is 0 Å². The predicted octanol–water partition coefficient (Wildman–Crippen LogP) is 3.76. The van der Waals surface area contributed by atoms with Gasteiger partial charge in [0.15, 0.2) is 5.78 Å². The number of ketones is 1. The number of Topliss-reactive ketones (excluding diaryl/α,β-unsaturated/α-hetero) is 1. The van der Waals surface area contributed by atoms with Crippen LogP contribution in [0.2, 0.25) is 0 Å². The fourth-order valence-corrected chi connectivity index (χ4v) is 5.55. The molecule has 1 unspecified atom stereocenters. The highest BCUT2D eigenvalue weighted by atomic mass is 16.4. The van der Waals surface area contributed by atoms with Crippen molar-refractivity contribution in [2.45, 2.75) is 95.4 Å². The van der Waals surface area contributed by atoms with E-state index < -0.39 is 5.97 Å². The highest BCUT2D eigenvalue weighted by Crippen LogP contribution is 2.45. The van der Waals surface area contributed by atoms with Gasteiger partial charge < -0.3 is 10.4 Å². The van der Waals surface area contributed by atoms with Gasteiger partial charge in [-0.05, 0) is 32.2 Å². The Morgan fingerprint density at radius 1 is 0.963 bits per heavy atom. The van der Waals surface area contributed by atoms with Gasteiger partial charge in [0.05, 0.1) is 13.0 Å². The maximum absolute atomic E-state index is 13.0. The van der Waals surface area contributed by atoms with Crippen molar-refractivity contribution in [3.8, 4) is 0 Å². The van der Waals surface area contributed by atoms with Gasteiger partial charge in [0.2, 0.25) is 0 Å². The molecule has 0 amide bonds. The molecule has 0 aromatic heterocycles. The lowest BCUT2D eigenvalue weighted by atomic mass is 9.70.